The van der Waals surface area contributed by atoms with E-state index in [2.05, 4.69) is 152 Å². The molecule has 4 aromatic carbocycles. The zero-order valence-corrected chi connectivity index (χ0v) is 29.7. The summed E-state index contributed by atoms with van der Waals surface area (Å²) in [6.45, 7) is 4.49. The van der Waals surface area contributed by atoms with E-state index in [1.807, 2.05) is 12.1 Å². The topological polar surface area (TPSA) is 54.0 Å². The van der Waals surface area contributed by atoms with E-state index < -0.39 is 0 Å². The van der Waals surface area contributed by atoms with Gasteiger partial charge in [-0.05, 0) is 80.6 Å². The maximum atomic E-state index is 5.62. The molecule has 0 unspecified atom stereocenters. The van der Waals surface area contributed by atoms with Crippen molar-refractivity contribution >= 4 is 45.4 Å². The molecule has 0 saturated carbocycles. The van der Waals surface area contributed by atoms with E-state index in [-0.39, 0.29) is 17.1 Å². The Balaban J connectivity index is 0.00000372. The van der Waals surface area contributed by atoms with Gasteiger partial charge in [0.2, 0.25) is 0 Å². The molecular weight excluding hydrogens is 696 g/mol. The standard InChI is InChI=1S/C48H32N4.Cu/c1-30-28-35-36(29-30)48-46(34-20-12-5-13-21-34)42-27-25-40(51-42)44(32-16-8-3-9-17-32)38-23-22-37(49-38)43(31-14-6-2-7-15-31)39-24-26-41(50-39)45(47(35)52-48)33-18-10-4-11-19-33;/h2-27H,1,28-29H2;/q-2;+2. The largest absolute Gasteiger partial charge is 2.00 e. The molecule has 0 amide bonds. The Labute approximate surface area is 318 Å². The zero-order valence-electron chi connectivity index (χ0n) is 28.7. The van der Waals surface area contributed by atoms with Crippen molar-refractivity contribution in [3.8, 4) is 44.5 Å². The molecule has 8 bridgehead atoms. The van der Waals surface area contributed by atoms with E-state index in [1.54, 1.807) is 0 Å². The van der Waals surface area contributed by atoms with Crippen LogP contribution in [0.5, 0.6) is 0 Å². The number of nitrogens with zero attached hydrogens (tertiary/aromatic N) is 4. The van der Waals surface area contributed by atoms with Crippen LogP contribution in [0.2, 0.25) is 0 Å². The zero-order chi connectivity index (χ0) is 34.6. The summed E-state index contributed by atoms with van der Waals surface area (Å²) in [4.78, 5) is 21.8. The molecule has 2 aliphatic heterocycles. The second-order valence-electron chi connectivity index (χ2n) is 13.5. The first-order valence-corrected chi connectivity index (χ1v) is 17.7. The van der Waals surface area contributed by atoms with Gasteiger partial charge < -0.3 is 9.97 Å². The minimum Gasteiger partial charge on any atom is -0.657 e. The summed E-state index contributed by atoms with van der Waals surface area (Å²) >= 11 is 0. The van der Waals surface area contributed by atoms with Crippen LogP contribution in [0.25, 0.3) is 89.9 Å². The van der Waals surface area contributed by atoms with Crippen molar-refractivity contribution in [3.63, 3.8) is 0 Å². The Kier molecular flexibility index (Phi) is 8.23. The minimum atomic E-state index is 0. The number of rotatable bonds is 4. The van der Waals surface area contributed by atoms with E-state index in [0.717, 1.165) is 102 Å². The fourth-order valence-corrected chi connectivity index (χ4v) is 7.90. The van der Waals surface area contributed by atoms with Crippen molar-refractivity contribution in [1.82, 2.24) is 19.9 Å². The Morgan fingerprint density at radius 2 is 0.717 bits per heavy atom. The first kappa shape index (κ1) is 32.6. The molecule has 53 heavy (non-hydrogen) atoms. The molecular formula is C48H32CuN4. The molecule has 10 rings (SSSR count). The molecule has 1 radical (unpaired) electrons. The van der Waals surface area contributed by atoms with Crippen molar-refractivity contribution in [3.05, 3.63) is 181 Å². The van der Waals surface area contributed by atoms with Crippen LogP contribution < -0.4 is 9.97 Å². The summed E-state index contributed by atoms with van der Waals surface area (Å²) in [7, 11) is 0. The van der Waals surface area contributed by atoms with Crippen molar-refractivity contribution in [2.75, 3.05) is 0 Å². The van der Waals surface area contributed by atoms with Gasteiger partial charge in [-0.25, -0.2) is 9.97 Å². The molecule has 3 aliphatic rings. The van der Waals surface area contributed by atoms with Crippen molar-refractivity contribution in [2.24, 2.45) is 0 Å². The molecule has 1 aliphatic carbocycles. The fourth-order valence-electron chi connectivity index (χ4n) is 7.90. The SMILES string of the molecule is C=C1CC2=C(C1)c1nc2c(-c2ccccc2)c2ccc([n-]2)c(-c2ccccc2)c2nc(c(-c3ccccc3)c3ccc([n-]3)c1-c1ccccc1)C=C2.[Cu+2]. The molecule has 4 nitrogen and oxygen atoms in total. The number of hydrogen-bond donors (Lipinski definition) is 0. The number of hydrogen-bond acceptors (Lipinski definition) is 2. The normalized spacial score (nSPS) is 13.2. The van der Waals surface area contributed by atoms with Crippen LogP contribution in [0.15, 0.2) is 158 Å². The Morgan fingerprint density at radius 3 is 1.08 bits per heavy atom. The average molecular weight is 728 g/mol. The number of benzene rings is 4. The average Bonchev–Trinajstić information content (AvgIpc) is 4.04. The van der Waals surface area contributed by atoms with Crippen LogP contribution in [-0.2, 0) is 17.1 Å². The van der Waals surface area contributed by atoms with Gasteiger partial charge in [0.25, 0.3) is 0 Å². The summed E-state index contributed by atoms with van der Waals surface area (Å²) < 4.78 is 0. The van der Waals surface area contributed by atoms with E-state index in [0.29, 0.717) is 0 Å². The van der Waals surface area contributed by atoms with E-state index in [4.69, 9.17) is 19.9 Å². The van der Waals surface area contributed by atoms with Gasteiger partial charge in [0.15, 0.2) is 0 Å². The number of fused-ring (bicyclic) bond motifs is 10. The van der Waals surface area contributed by atoms with Gasteiger partial charge in [0.1, 0.15) is 0 Å². The minimum absolute atomic E-state index is 0. The predicted octanol–water partition coefficient (Wildman–Crippen LogP) is 11.7. The van der Waals surface area contributed by atoms with Crippen LogP contribution in [0.4, 0.5) is 0 Å². The van der Waals surface area contributed by atoms with Crippen LogP contribution in [0, 0.1) is 0 Å². The summed E-state index contributed by atoms with van der Waals surface area (Å²) in [5.74, 6) is 0. The third kappa shape index (κ3) is 5.62. The van der Waals surface area contributed by atoms with Crippen molar-refractivity contribution in [2.45, 2.75) is 12.8 Å². The number of aromatic nitrogens is 4. The summed E-state index contributed by atoms with van der Waals surface area (Å²) in [6, 6.07) is 50.5. The quantitative estimate of drug-likeness (QED) is 0.134. The van der Waals surface area contributed by atoms with Gasteiger partial charge >= 0.3 is 17.1 Å². The van der Waals surface area contributed by atoms with Gasteiger partial charge in [-0.2, -0.15) is 0 Å². The third-order valence-electron chi connectivity index (χ3n) is 10.2. The number of allylic oxidation sites excluding steroid dienone is 3. The second-order valence-corrected chi connectivity index (χ2v) is 13.5. The Bertz CT molecular complexity index is 2590. The maximum Gasteiger partial charge on any atom is 2.00 e. The summed E-state index contributed by atoms with van der Waals surface area (Å²) in [5.41, 5.74) is 19.0. The van der Waals surface area contributed by atoms with Gasteiger partial charge in [-0.15, -0.1) is 22.1 Å². The van der Waals surface area contributed by atoms with Crippen molar-refractivity contribution in [1.29, 1.82) is 0 Å². The van der Waals surface area contributed by atoms with Crippen LogP contribution in [-0.4, -0.2) is 9.97 Å². The van der Waals surface area contributed by atoms with Gasteiger partial charge in [-0.1, -0.05) is 158 Å². The van der Waals surface area contributed by atoms with E-state index in [9.17, 15) is 0 Å². The molecule has 0 N–H and O–H groups in total. The Morgan fingerprint density at radius 1 is 0.396 bits per heavy atom. The van der Waals surface area contributed by atoms with Crippen LogP contribution in [0.1, 0.15) is 35.6 Å². The third-order valence-corrected chi connectivity index (χ3v) is 10.2. The van der Waals surface area contributed by atoms with Gasteiger partial charge in [0.05, 0.1) is 22.8 Å². The van der Waals surface area contributed by atoms with Crippen LogP contribution >= 0.6 is 0 Å². The van der Waals surface area contributed by atoms with Gasteiger partial charge in [0, 0.05) is 0 Å². The maximum absolute atomic E-state index is 5.62. The molecule has 5 heteroatoms. The molecule has 0 spiro atoms. The first-order valence-electron chi connectivity index (χ1n) is 17.7. The van der Waals surface area contributed by atoms with Gasteiger partial charge in [-0.3, -0.25) is 0 Å². The second kappa shape index (κ2) is 13.4. The smallest absolute Gasteiger partial charge is 0.657 e. The van der Waals surface area contributed by atoms with E-state index in [1.165, 1.54) is 16.7 Å². The Hall–Kier alpha value is -6.26. The first-order chi connectivity index (χ1) is 25.7. The van der Waals surface area contributed by atoms with E-state index >= 15 is 0 Å². The predicted molar refractivity (Wildman–Crippen MR) is 215 cm³/mol. The molecule has 0 fully saturated rings. The molecule has 3 aromatic heterocycles. The monoisotopic (exact) mass is 727 g/mol. The summed E-state index contributed by atoms with van der Waals surface area (Å²) in [6.07, 6.45) is 5.78. The molecule has 255 valence electrons. The molecule has 0 saturated heterocycles. The molecule has 5 heterocycles. The van der Waals surface area contributed by atoms with Crippen molar-refractivity contribution < 1.29 is 17.1 Å². The molecule has 0 atom stereocenters. The molecule has 7 aromatic rings. The fraction of sp³-hybridized carbons (Fsp3) is 0.0417. The summed E-state index contributed by atoms with van der Waals surface area (Å²) in [5, 5.41) is 0. The van der Waals surface area contributed by atoms with Crippen LogP contribution in [0.3, 0.4) is 0 Å².